The second kappa shape index (κ2) is 6.41. The van der Waals surface area contributed by atoms with E-state index < -0.39 is 28.2 Å². The molecule has 3 rings (SSSR count). The van der Waals surface area contributed by atoms with Crippen LogP contribution in [0.4, 0.5) is 4.39 Å². The minimum atomic E-state index is -3.96. The van der Waals surface area contributed by atoms with Gasteiger partial charge in [0.2, 0.25) is 10.0 Å². The highest BCUT2D eigenvalue weighted by molar-refractivity contribution is 7.89. The van der Waals surface area contributed by atoms with Crippen LogP contribution in [-0.4, -0.2) is 44.8 Å². The molecule has 0 bridgehead atoms. The highest BCUT2D eigenvalue weighted by Crippen LogP contribution is 2.31. The Hall–Kier alpha value is -0.730. The number of ether oxygens (including phenoxy) is 2. The van der Waals surface area contributed by atoms with E-state index in [0.717, 1.165) is 18.9 Å². The van der Waals surface area contributed by atoms with Crippen molar-refractivity contribution in [2.45, 2.75) is 36.5 Å². The Morgan fingerprint density at radius 2 is 1.95 bits per heavy atom. The molecule has 2 aliphatic rings. The van der Waals surface area contributed by atoms with Gasteiger partial charge in [0.25, 0.3) is 0 Å². The molecule has 0 aliphatic carbocycles. The maximum absolute atomic E-state index is 14.1. The number of benzene rings is 1. The number of hydrogen-bond donors (Lipinski definition) is 0. The van der Waals surface area contributed by atoms with Crippen molar-refractivity contribution in [3.8, 4) is 0 Å². The molecule has 2 saturated heterocycles. The molecule has 8 heteroatoms. The predicted octanol–water partition coefficient (Wildman–Crippen LogP) is 2.40. The number of halogens is 2. The summed E-state index contributed by atoms with van der Waals surface area (Å²) in [7, 11) is -3.96. The molecule has 22 heavy (non-hydrogen) atoms. The summed E-state index contributed by atoms with van der Waals surface area (Å²) in [5.74, 6) is -0.843. The summed E-state index contributed by atoms with van der Waals surface area (Å²) in [6.45, 7) is 1.23. The first-order valence-electron chi connectivity index (χ1n) is 7.20. The zero-order valence-electron chi connectivity index (χ0n) is 11.9. The molecule has 2 heterocycles. The molecule has 5 nitrogen and oxygen atoms in total. The van der Waals surface area contributed by atoms with E-state index in [1.54, 1.807) is 0 Å². The Morgan fingerprint density at radius 3 is 2.64 bits per heavy atom. The molecule has 0 radical (unpaired) electrons. The molecule has 0 N–H and O–H groups in total. The normalized spacial score (nSPS) is 24.7. The summed E-state index contributed by atoms with van der Waals surface area (Å²) < 4.78 is 51.9. The van der Waals surface area contributed by atoms with Crippen LogP contribution in [0.2, 0.25) is 5.02 Å². The Balaban J connectivity index is 1.94. The van der Waals surface area contributed by atoms with E-state index in [4.69, 9.17) is 21.1 Å². The van der Waals surface area contributed by atoms with Gasteiger partial charge in [-0.2, -0.15) is 4.31 Å². The third-order valence-electron chi connectivity index (χ3n) is 3.94. The van der Waals surface area contributed by atoms with E-state index in [0.29, 0.717) is 26.2 Å². The smallest absolute Gasteiger partial charge is 0.246 e. The van der Waals surface area contributed by atoms with Crippen LogP contribution in [0.3, 0.4) is 0 Å². The molecule has 2 aliphatic heterocycles. The zero-order chi connectivity index (χ0) is 15.7. The molecule has 0 aromatic heterocycles. The van der Waals surface area contributed by atoms with Crippen molar-refractivity contribution in [3.05, 3.63) is 29.0 Å². The van der Waals surface area contributed by atoms with Crippen LogP contribution in [-0.2, 0) is 19.5 Å². The van der Waals surface area contributed by atoms with Gasteiger partial charge in [-0.1, -0.05) is 18.0 Å². The number of nitrogens with zero attached hydrogens (tertiary/aromatic N) is 1. The van der Waals surface area contributed by atoms with Gasteiger partial charge >= 0.3 is 0 Å². The summed E-state index contributed by atoms with van der Waals surface area (Å²) in [5.41, 5.74) is 0. The molecule has 0 unspecified atom stereocenters. The molecule has 0 amide bonds. The van der Waals surface area contributed by atoms with Crippen LogP contribution in [0.5, 0.6) is 0 Å². The van der Waals surface area contributed by atoms with E-state index in [2.05, 4.69) is 0 Å². The second-order valence-electron chi connectivity index (χ2n) is 5.36. The third kappa shape index (κ3) is 3.00. The summed E-state index contributed by atoms with van der Waals surface area (Å²) >= 11 is 5.70. The summed E-state index contributed by atoms with van der Waals surface area (Å²) in [5, 5.41) is 0.161. The van der Waals surface area contributed by atoms with Crippen LogP contribution in [0.1, 0.15) is 19.3 Å². The van der Waals surface area contributed by atoms with Crippen molar-refractivity contribution in [1.82, 2.24) is 4.31 Å². The summed E-state index contributed by atoms with van der Waals surface area (Å²) in [6, 6.07) is 3.17. The first kappa shape index (κ1) is 16.1. The van der Waals surface area contributed by atoms with E-state index in [-0.39, 0.29) is 9.92 Å². The SMILES string of the molecule is O=S(=O)(c1ccc(Cl)cc1F)N1CCCC[C@@H]1C1OCCO1. The zero-order valence-corrected chi connectivity index (χ0v) is 13.4. The van der Waals surface area contributed by atoms with Gasteiger partial charge in [-0.25, -0.2) is 12.8 Å². The Labute approximate surface area is 134 Å². The molecule has 122 valence electrons. The van der Waals surface area contributed by atoms with Gasteiger partial charge in [-0.15, -0.1) is 0 Å². The van der Waals surface area contributed by atoms with Crippen LogP contribution in [0, 0.1) is 5.82 Å². The number of piperidine rings is 1. The molecule has 0 spiro atoms. The Bertz CT molecular complexity index is 648. The van der Waals surface area contributed by atoms with Crippen molar-refractivity contribution in [2.75, 3.05) is 19.8 Å². The molecule has 0 saturated carbocycles. The highest BCUT2D eigenvalue weighted by Gasteiger charge is 2.41. The fourth-order valence-electron chi connectivity index (χ4n) is 2.91. The molecule has 1 aromatic rings. The van der Waals surface area contributed by atoms with E-state index in [9.17, 15) is 12.8 Å². The first-order chi connectivity index (χ1) is 10.5. The van der Waals surface area contributed by atoms with Gasteiger partial charge in [0, 0.05) is 11.6 Å². The lowest BCUT2D eigenvalue weighted by Crippen LogP contribution is -2.50. The lowest BCUT2D eigenvalue weighted by molar-refractivity contribution is -0.0913. The fraction of sp³-hybridized carbons (Fsp3) is 0.571. The number of hydrogen-bond acceptors (Lipinski definition) is 4. The summed E-state index contributed by atoms with van der Waals surface area (Å²) in [6.07, 6.45) is 1.69. The predicted molar refractivity (Wildman–Crippen MR) is 78.6 cm³/mol. The number of sulfonamides is 1. The summed E-state index contributed by atoms with van der Waals surface area (Å²) in [4.78, 5) is -0.359. The molecule has 1 atom stereocenters. The Kier molecular flexibility index (Phi) is 4.70. The monoisotopic (exact) mass is 349 g/mol. The van der Waals surface area contributed by atoms with Gasteiger partial charge < -0.3 is 9.47 Å². The van der Waals surface area contributed by atoms with Crippen molar-refractivity contribution in [1.29, 1.82) is 0 Å². The van der Waals surface area contributed by atoms with E-state index in [1.165, 1.54) is 16.4 Å². The molecular formula is C14H17ClFNO4S. The third-order valence-corrected chi connectivity index (χ3v) is 6.13. The maximum atomic E-state index is 14.1. The van der Waals surface area contributed by atoms with Crippen molar-refractivity contribution < 1.29 is 22.3 Å². The molecule has 1 aromatic carbocycles. The number of rotatable bonds is 3. The van der Waals surface area contributed by atoms with Crippen LogP contribution >= 0.6 is 11.6 Å². The van der Waals surface area contributed by atoms with Crippen molar-refractivity contribution in [2.24, 2.45) is 0 Å². The second-order valence-corrected chi connectivity index (χ2v) is 7.66. The van der Waals surface area contributed by atoms with Gasteiger partial charge in [0.1, 0.15) is 10.7 Å². The highest BCUT2D eigenvalue weighted by atomic mass is 35.5. The van der Waals surface area contributed by atoms with E-state index in [1.807, 2.05) is 0 Å². The van der Waals surface area contributed by atoms with Gasteiger partial charge in [0.15, 0.2) is 6.29 Å². The van der Waals surface area contributed by atoms with Crippen LogP contribution in [0.15, 0.2) is 23.1 Å². The molecular weight excluding hydrogens is 333 g/mol. The van der Waals surface area contributed by atoms with Crippen molar-refractivity contribution in [3.63, 3.8) is 0 Å². The minimum absolute atomic E-state index is 0.161. The fourth-order valence-corrected chi connectivity index (χ4v) is 4.80. The lowest BCUT2D eigenvalue weighted by atomic mass is 10.0. The molecule has 2 fully saturated rings. The standard InChI is InChI=1S/C14H17ClFNO4S/c15-10-4-5-13(11(16)9-10)22(18,19)17-6-2-1-3-12(17)14-20-7-8-21-14/h4-5,9,12,14H,1-3,6-8H2/t12-/m1/s1. The first-order valence-corrected chi connectivity index (χ1v) is 9.02. The quantitative estimate of drug-likeness (QED) is 0.840. The maximum Gasteiger partial charge on any atom is 0.246 e. The van der Waals surface area contributed by atoms with Crippen molar-refractivity contribution >= 4 is 21.6 Å². The minimum Gasteiger partial charge on any atom is -0.349 e. The van der Waals surface area contributed by atoms with Gasteiger partial charge in [0.05, 0.1) is 19.3 Å². The van der Waals surface area contributed by atoms with Gasteiger partial charge in [-0.3, -0.25) is 0 Å². The van der Waals surface area contributed by atoms with Crippen LogP contribution in [0.25, 0.3) is 0 Å². The topological polar surface area (TPSA) is 55.8 Å². The van der Waals surface area contributed by atoms with E-state index >= 15 is 0 Å². The Morgan fingerprint density at radius 1 is 1.23 bits per heavy atom. The average Bonchev–Trinajstić information content (AvgIpc) is 3.01. The lowest BCUT2D eigenvalue weighted by Gasteiger charge is -2.36. The average molecular weight is 350 g/mol. The largest absolute Gasteiger partial charge is 0.349 e. The van der Waals surface area contributed by atoms with Gasteiger partial charge in [-0.05, 0) is 31.0 Å². The van der Waals surface area contributed by atoms with Crippen LogP contribution < -0.4 is 0 Å².